The predicted octanol–water partition coefficient (Wildman–Crippen LogP) is 0.939. The molecule has 0 unspecified atom stereocenters. The van der Waals surface area contributed by atoms with Crippen LogP contribution in [0.5, 0.6) is 0 Å². The summed E-state index contributed by atoms with van der Waals surface area (Å²) in [5.41, 5.74) is 0.561. The number of furan rings is 1. The van der Waals surface area contributed by atoms with Crippen LogP contribution in [-0.2, 0) is 16.1 Å². The van der Waals surface area contributed by atoms with Gasteiger partial charge in [0.25, 0.3) is 0 Å². The van der Waals surface area contributed by atoms with Crippen LogP contribution in [0.2, 0.25) is 0 Å². The summed E-state index contributed by atoms with van der Waals surface area (Å²) >= 11 is 0. The molecule has 6 heteroatoms. The number of carboxylic acid groups (broad SMARTS) is 1. The van der Waals surface area contributed by atoms with Gasteiger partial charge < -0.3 is 14.3 Å². The molecule has 0 aliphatic rings. The summed E-state index contributed by atoms with van der Waals surface area (Å²) in [4.78, 5) is 21.7. The zero-order chi connectivity index (χ0) is 12.8. The van der Waals surface area contributed by atoms with Crippen LogP contribution in [0.3, 0.4) is 0 Å². The van der Waals surface area contributed by atoms with Crippen molar-refractivity contribution in [2.75, 3.05) is 13.2 Å². The quantitative estimate of drug-likeness (QED) is 0.720. The normalized spacial score (nSPS) is 10.2. The molecular formula is C11H15NO5. The van der Waals surface area contributed by atoms with Crippen LogP contribution < -0.4 is 5.32 Å². The average molecular weight is 241 g/mol. The van der Waals surface area contributed by atoms with Gasteiger partial charge in [0, 0.05) is 5.56 Å². The summed E-state index contributed by atoms with van der Waals surface area (Å²) in [5.74, 6) is -1.05. The van der Waals surface area contributed by atoms with Gasteiger partial charge in [-0.2, -0.15) is 0 Å². The maximum atomic E-state index is 11.0. The summed E-state index contributed by atoms with van der Waals surface area (Å²) in [6, 6.07) is 1.63. The van der Waals surface area contributed by atoms with E-state index in [-0.39, 0.29) is 24.8 Å². The van der Waals surface area contributed by atoms with E-state index in [1.165, 1.54) is 0 Å². The number of esters is 1. The second-order valence-corrected chi connectivity index (χ2v) is 3.44. The molecule has 0 radical (unpaired) electrons. The molecule has 0 atom stereocenters. The van der Waals surface area contributed by atoms with Crippen molar-refractivity contribution in [3.8, 4) is 0 Å². The minimum absolute atomic E-state index is 0.0655. The Labute approximate surface area is 98.6 Å². The Morgan fingerprint density at radius 1 is 1.53 bits per heavy atom. The topological polar surface area (TPSA) is 88.8 Å². The fourth-order valence-corrected chi connectivity index (χ4v) is 1.35. The van der Waals surface area contributed by atoms with Crippen molar-refractivity contribution in [3.05, 3.63) is 23.2 Å². The van der Waals surface area contributed by atoms with Gasteiger partial charge in [0.1, 0.15) is 5.76 Å². The Kier molecular flexibility index (Phi) is 4.71. The Morgan fingerprint density at radius 3 is 2.76 bits per heavy atom. The molecule has 0 bridgehead atoms. The zero-order valence-corrected chi connectivity index (χ0v) is 9.78. The SMILES string of the molecule is CCOC(=O)CNCc1cc(C)c(C(=O)O)o1. The first-order chi connectivity index (χ1) is 8.04. The molecule has 1 aromatic heterocycles. The lowest BCUT2D eigenvalue weighted by atomic mass is 10.2. The van der Waals surface area contributed by atoms with Gasteiger partial charge in [-0.25, -0.2) is 4.79 Å². The van der Waals surface area contributed by atoms with Gasteiger partial charge in [-0.1, -0.05) is 0 Å². The highest BCUT2D eigenvalue weighted by Crippen LogP contribution is 2.14. The highest BCUT2D eigenvalue weighted by atomic mass is 16.5. The number of hydrogen-bond acceptors (Lipinski definition) is 5. The number of carboxylic acids is 1. The van der Waals surface area contributed by atoms with E-state index in [1.54, 1.807) is 19.9 Å². The Hall–Kier alpha value is -1.82. The number of carbonyl (C=O) groups excluding carboxylic acids is 1. The minimum Gasteiger partial charge on any atom is -0.475 e. The first kappa shape index (κ1) is 13.2. The van der Waals surface area contributed by atoms with Crippen LogP contribution in [-0.4, -0.2) is 30.2 Å². The molecule has 1 heterocycles. The minimum atomic E-state index is -1.10. The summed E-state index contributed by atoms with van der Waals surface area (Å²) in [6.07, 6.45) is 0. The second-order valence-electron chi connectivity index (χ2n) is 3.44. The van der Waals surface area contributed by atoms with Gasteiger partial charge in [-0.15, -0.1) is 0 Å². The number of ether oxygens (including phenoxy) is 1. The molecule has 0 spiro atoms. The lowest BCUT2D eigenvalue weighted by molar-refractivity contribution is -0.142. The highest BCUT2D eigenvalue weighted by molar-refractivity contribution is 5.86. The van der Waals surface area contributed by atoms with Gasteiger partial charge in [0.15, 0.2) is 0 Å². The maximum absolute atomic E-state index is 11.0. The Morgan fingerprint density at radius 2 is 2.24 bits per heavy atom. The molecule has 17 heavy (non-hydrogen) atoms. The second kappa shape index (κ2) is 6.05. The van der Waals surface area contributed by atoms with Crippen LogP contribution >= 0.6 is 0 Å². The van der Waals surface area contributed by atoms with E-state index in [4.69, 9.17) is 14.3 Å². The van der Waals surface area contributed by atoms with Crippen LogP contribution in [0.15, 0.2) is 10.5 Å². The van der Waals surface area contributed by atoms with E-state index < -0.39 is 5.97 Å². The van der Waals surface area contributed by atoms with E-state index in [9.17, 15) is 9.59 Å². The molecule has 0 saturated carbocycles. The first-order valence-corrected chi connectivity index (χ1v) is 5.23. The van der Waals surface area contributed by atoms with E-state index in [0.717, 1.165) is 0 Å². The largest absolute Gasteiger partial charge is 0.475 e. The third-order valence-corrected chi connectivity index (χ3v) is 2.04. The molecule has 2 N–H and O–H groups in total. The monoisotopic (exact) mass is 241 g/mol. The molecular weight excluding hydrogens is 226 g/mol. The van der Waals surface area contributed by atoms with Gasteiger partial charge in [-0.05, 0) is 19.9 Å². The van der Waals surface area contributed by atoms with Crippen LogP contribution in [0.1, 0.15) is 28.8 Å². The van der Waals surface area contributed by atoms with Crippen LogP contribution in [0.25, 0.3) is 0 Å². The van der Waals surface area contributed by atoms with Crippen molar-refractivity contribution >= 4 is 11.9 Å². The fourth-order valence-electron chi connectivity index (χ4n) is 1.35. The van der Waals surface area contributed by atoms with Crippen molar-refractivity contribution in [1.29, 1.82) is 0 Å². The van der Waals surface area contributed by atoms with Crippen molar-refractivity contribution in [3.63, 3.8) is 0 Å². The van der Waals surface area contributed by atoms with Crippen molar-refractivity contribution < 1.29 is 23.8 Å². The lowest BCUT2D eigenvalue weighted by Gasteiger charge is -2.02. The highest BCUT2D eigenvalue weighted by Gasteiger charge is 2.14. The third kappa shape index (κ3) is 3.92. The standard InChI is InChI=1S/C11H15NO5/c1-3-16-9(13)6-12-5-8-4-7(2)10(17-8)11(14)15/h4,12H,3,5-6H2,1-2H3,(H,14,15). The summed E-state index contributed by atoms with van der Waals surface area (Å²) in [6.45, 7) is 4.07. The third-order valence-electron chi connectivity index (χ3n) is 2.04. The molecule has 0 aliphatic carbocycles. The summed E-state index contributed by atoms with van der Waals surface area (Å²) in [7, 11) is 0. The number of nitrogens with one attached hydrogen (secondary N) is 1. The molecule has 1 rings (SSSR count). The van der Waals surface area contributed by atoms with Crippen LogP contribution in [0, 0.1) is 6.92 Å². The van der Waals surface area contributed by atoms with Gasteiger partial charge in [0.2, 0.25) is 5.76 Å². The van der Waals surface area contributed by atoms with E-state index >= 15 is 0 Å². The molecule has 0 saturated heterocycles. The maximum Gasteiger partial charge on any atom is 0.372 e. The van der Waals surface area contributed by atoms with E-state index in [2.05, 4.69) is 5.32 Å². The van der Waals surface area contributed by atoms with Gasteiger partial charge in [0.05, 0.1) is 19.7 Å². The molecule has 6 nitrogen and oxygen atoms in total. The summed E-state index contributed by atoms with van der Waals surface area (Å²) < 4.78 is 9.82. The number of aromatic carboxylic acids is 1. The molecule has 0 aromatic carbocycles. The van der Waals surface area contributed by atoms with Crippen molar-refractivity contribution in [2.24, 2.45) is 0 Å². The van der Waals surface area contributed by atoms with Gasteiger partial charge >= 0.3 is 11.9 Å². The summed E-state index contributed by atoms with van der Waals surface area (Å²) in [5, 5.41) is 11.6. The smallest absolute Gasteiger partial charge is 0.372 e. The number of carbonyl (C=O) groups is 2. The zero-order valence-electron chi connectivity index (χ0n) is 9.78. The molecule has 94 valence electrons. The fraction of sp³-hybridized carbons (Fsp3) is 0.455. The van der Waals surface area contributed by atoms with Gasteiger partial charge in [-0.3, -0.25) is 10.1 Å². The predicted molar refractivity (Wildman–Crippen MR) is 58.7 cm³/mol. The van der Waals surface area contributed by atoms with E-state index in [0.29, 0.717) is 17.9 Å². The van der Waals surface area contributed by atoms with E-state index in [1.807, 2.05) is 0 Å². The first-order valence-electron chi connectivity index (χ1n) is 5.23. The molecule has 0 fully saturated rings. The lowest BCUT2D eigenvalue weighted by Crippen LogP contribution is -2.24. The average Bonchev–Trinajstić information content (AvgIpc) is 2.60. The molecule has 0 amide bonds. The Balaban J connectivity index is 2.45. The number of aryl methyl sites for hydroxylation is 1. The number of rotatable bonds is 6. The van der Waals surface area contributed by atoms with Crippen molar-refractivity contribution in [2.45, 2.75) is 20.4 Å². The Bertz CT molecular complexity index is 410. The molecule has 1 aromatic rings. The molecule has 0 aliphatic heterocycles. The van der Waals surface area contributed by atoms with Crippen molar-refractivity contribution in [1.82, 2.24) is 5.32 Å². The number of hydrogen-bond donors (Lipinski definition) is 2. The van der Waals surface area contributed by atoms with Crippen LogP contribution in [0.4, 0.5) is 0 Å².